The van der Waals surface area contributed by atoms with Gasteiger partial charge in [0.2, 0.25) is 0 Å². The largest absolute Gasteiger partial charge is 0.462 e. The Morgan fingerprint density at radius 3 is 0.859 bits per heavy atom. The van der Waals surface area contributed by atoms with Gasteiger partial charge in [-0.2, -0.15) is 0 Å². The van der Waals surface area contributed by atoms with Crippen LogP contribution in [0.2, 0.25) is 0 Å². The molecule has 0 bridgehead atoms. The molecule has 0 rings (SSSR count). The van der Waals surface area contributed by atoms with Crippen LogP contribution in [0.4, 0.5) is 0 Å². The van der Waals surface area contributed by atoms with Crippen LogP contribution >= 0.6 is 0 Å². The molecule has 0 aromatic rings. The normalized spacial score (nSPS) is 13.0. The van der Waals surface area contributed by atoms with Crippen LogP contribution in [0.5, 0.6) is 0 Å². The van der Waals surface area contributed by atoms with Crippen LogP contribution in [0.3, 0.4) is 0 Å². The fourth-order valence-electron chi connectivity index (χ4n) is 8.55. The van der Waals surface area contributed by atoms with Crippen molar-refractivity contribution in [2.75, 3.05) is 13.2 Å². The van der Waals surface area contributed by atoms with E-state index in [1.807, 2.05) is 0 Å². The van der Waals surface area contributed by atoms with Crippen molar-refractivity contribution in [2.24, 2.45) is 0 Å². The molecule has 0 aliphatic rings. The molecule has 442 valence electrons. The first-order valence-corrected chi connectivity index (χ1v) is 32.2. The standard InChI is InChI=1S/C72H118O6/c1-4-7-10-13-16-19-22-25-28-31-34-35-36-37-39-41-44-47-50-53-56-59-62-65-71(74)77-68-69(67-76-70(73)64-61-58-55-52-49-46-43-40-33-30-27-24-21-18-15-12-9-6-3)78-72(75)66-63-60-57-54-51-48-45-42-38-32-29-26-23-20-17-14-11-8-5-2/h7,10,16-17,19-21,24-26,28-30,33-35,37,39,44,47,53,56,69H,4-6,8-9,11-15,18,22-23,27,31-32,36,38,40-43,45-46,48-52,54-55,57-68H2,1-3H3/b10-7-,19-16-,20-17-,24-21-,28-25-,29-26-,33-30-,35-34-,39-37-,47-44-,56-53-. The zero-order valence-electron chi connectivity index (χ0n) is 50.6. The Morgan fingerprint density at radius 2 is 0.513 bits per heavy atom. The molecule has 0 amide bonds. The quantitative estimate of drug-likeness (QED) is 0.0261. The van der Waals surface area contributed by atoms with E-state index in [0.717, 1.165) is 109 Å². The van der Waals surface area contributed by atoms with Gasteiger partial charge in [-0.15, -0.1) is 0 Å². The molecule has 6 heteroatoms. The lowest BCUT2D eigenvalue weighted by Gasteiger charge is -2.18. The Bertz CT molecular complexity index is 1670. The maximum absolute atomic E-state index is 12.9. The molecular formula is C72H118O6. The highest BCUT2D eigenvalue weighted by atomic mass is 16.6. The third kappa shape index (κ3) is 62.4. The summed E-state index contributed by atoms with van der Waals surface area (Å²) in [5.74, 6) is -0.976. The average Bonchev–Trinajstić information content (AvgIpc) is 3.44. The van der Waals surface area contributed by atoms with E-state index in [-0.39, 0.29) is 37.5 Å². The van der Waals surface area contributed by atoms with Gasteiger partial charge in [0.1, 0.15) is 13.2 Å². The van der Waals surface area contributed by atoms with E-state index in [1.54, 1.807) is 0 Å². The topological polar surface area (TPSA) is 78.9 Å². The summed E-state index contributed by atoms with van der Waals surface area (Å²) in [6.07, 6.45) is 91.6. The second kappa shape index (κ2) is 65.1. The number of unbranched alkanes of at least 4 members (excludes halogenated alkanes) is 24. The van der Waals surface area contributed by atoms with Crippen LogP contribution in [-0.2, 0) is 28.6 Å². The molecular weight excluding hydrogens is 961 g/mol. The van der Waals surface area contributed by atoms with Crippen molar-refractivity contribution in [3.63, 3.8) is 0 Å². The van der Waals surface area contributed by atoms with Crippen molar-refractivity contribution in [3.8, 4) is 0 Å². The fourth-order valence-corrected chi connectivity index (χ4v) is 8.55. The van der Waals surface area contributed by atoms with E-state index in [9.17, 15) is 14.4 Å². The predicted molar refractivity (Wildman–Crippen MR) is 339 cm³/mol. The molecule has 6 nitrogen and oxygen atoms in total. The summed E-state index contributed by atoms with van der Waals surface area (Å²) in [4.78, 5) is 38.3. The maximum atomic E-state index is 12.9. The minimum Gasteiger partial charge on any atom is -0.462 e. The molecule has 0 spiro atoms. The summed E-state index contributed by atoms with van der Waals surface area (Å²) >= 11 is 0. The molecule has 0 saturated heterocycles. The van der Waals surface area contributed by atoms with Gasteiger partial charge in [0.15, 0.2) is 6.10 Å². The smallest absolute Gasteiger partial charge is 0.306 e. The van der Waals surface area contributed by atoms with Gasteiger partial charge in [-0.05, 0) is 135 Å². The van der Waals surface area contributed by atoms with Crippen LogP contribution in [0.1, 0.15) is 284 Å². The van der Waals surface area contributed by atoms with Crippen molar-refractivity contribution < 1.29 is 28.6 Å². The maximum Gasteiger partial charge on any atom is 0.306 e. The molecule has 1 atom stereocenters. The van der Waals surface area contributed by atoms with Gasteiger partial charge in [-0.1, -0.05) is 264 Å². The Morgan fingerprint density at radius 1 is 0.269 bits per heavy atom. The van der Waals surface area contributed by atoms with Crippen molar-refractivity contribution in [1.82, 2.24) is 0 Å². The average molecular weight is 1080 g/mol. The molecule has 0 aromatic carbocycles. The van der Waals surface area contributed by atoms with Crippen LogP contribution in [-0.4, -0.2) is 37.2 Å². The monoisotopic (exact) mass is 1080 g/mol. The Balaban J connectivity index is 4.52. The molecule has 1 unspecified atom stereocenters. The minimum atomic E-state index is -0.814. The molecule has 0 saturated carbocycles. The number of esters is 3. The summed E-state index contributed by atoms with van der Waals surface area (Å²) < 4.78 is 16.9. The second-order valence-corrected chi connectivity index (χ2v) is 20.9. The lowest BCUT2D eigenvalue weighted by molar-refractivity contribution is -0.167. The molecule has 78 heavy (non-hydrogen) atoms. The first-order valence-electron chi connectivity index (χ1n) is 32.2. The molecule has 0 fully saturated rings. The summed E-state index contributed by atoms with van der Waals surface area (Å²) in [5.41, 5.74) is 0. The van der Waals surface area contributed by atoms with Crippen LogP contribution in [0.15, 0.2) is 134 Å². The number of carbonyl (C=O) groups is 3. The lowest BCUT2D eigenvalue weighted by Crippen LogP contribution is -2.30. The van der Waals surface area contributed by atoms with E-state index in [0.29, 0.717) is 19.3 Å². The third-order valence-electron chi connectivity index (χ3n) is 13.4. The lowest BCUT2D eigenvalue weighted by atomic mass is 10.1. The second-order valence-electron chi connectivity index (χ2n) is 20.9. The highest BCUT2D eigenvalue weighted by Crippen LogP contribution is 2.15. The first-order chi connectivity index (χ1) is 38.5. The summed E-state index contributed by atoms with van der Waals surface area (Å²) in [6.45, 7) is 6.44. The number of carbonyl (C=O) groups excluding carboxylic acids is 3. The zero-order valence-corrected chi connectivity index (χ0v) is 50.6. The van der Waals surface area contributed by atoms with Crippen LogP contribution in [0, 0.1) is 0 Å². The SMILES string of the molecule is CC/C=C\C/C=C\C/C=C\C/C=C\C/C=C\C/C=C\C/C=C\CCCC(=O)OCC(COC(=O)CCCCCCCCC/C=C\C/C=C\CCCCCC)OC(=O)CCCCCCCCCCC/C=C\C/C=C\CCCCC. The summed E-state index contributed by atoms with van der Waals surface area (Å²) in [5, 5.41) is 0. The molecule has 0 aliphatic heterocycles. The van der Waals surface area contributed by atoms with Gasteiger partial charge in [0.05, 0.1) is 0 Å². The van der Waals surface area contributed by atoms with Gasteiger partial charge in [0, 0.05) is 19.3 Å². The van der Waals surface area contributed by atoms with Gasteiger partial charge in [-0.3, -0.25) is 14.4 Å². The van der Waals surface area contributed by atoms with E-state index in [2.05, 4.69) is 154 Å². The van der Waals surface area contributed by atoms with Gasteiger partial charge < -0.3 is 14.2 Å². The van der Waals surface area contributed by atoms with E-state index >= 15 is 0 Å². The van der Waals surface area contributed by atoms with E-state index < -0.39 is 6.10 Å². The van der Waals surface area contributed by atoms with Crippen LogP contribution < -0.4 is 0 Å². The summed E-state index contributed by atoms with van der Waals surface area (Å²) in [6, 6.07) is 0. The zero-order chi connectivity index (χ0) is 56.4. The fraction of sp³-hybridized carbons (Fsp3) is 0.653. The Hall–Kier alpha value is -4.45. The Kier molecular flexibility index (Phi) is 61.4. The molecule has 0 radical (unpaired) electrons. The minimum absolute atomic E-state index is 0.105. The predicted octanol–water partition coefficient (Wildman–Crippen LogP) is 22.2. The molecule has 0 aliphatic carbocycles. The van der Waals surface area contributed by atoms with Crippen molar-refractivity contribution >= 4 is 17.9 Å². The number of ether oxygens (including phenoxy) is 3. The highest BCUT2D eigenvalue weighted by Gasteiger charge is 2.19. The number of hydrogen-bond donors (Lipinski definition) is 0. The highest BCUT2D eigenvalue weighted by molar-refractivity contribution is 5.71. The number of rotatable bonds is 57. The van der Waals surface area contributed by atoms with Crippen molar-refractivity contribution in [3.05, 3.63) is 134 Å². The van der Waals surface area contributed by atoms with E-state index in [1.165, 1.54) is 128 Å². The van der Waals surface area contributed by atoms with E-state index in [4.69, 9.17) is 14.2 Å². The van der Waals surface area contributed by atoms with Crippen LogP contribution in [0.25, 0.3) is 0 Å². The molecule has 0 N–H and O–H groups in total. The van der Waals surface area contributed by atoms with Gasteiger partial charge in [-0.25, -0.2) is 0 Å². The summed E-state index contributed by atoms with van der Waals surface area (Å²) in [7, 11) is 0. The number of allylic oxidation sites excluding steroid dienone is 22. The van der Waals surface area contributed by atoms with Crippen molar-refractivity contribution in [2.45, 2.75) is 290 Å². The molecule has 0 heterocycles. The number of hydrogen-bond acceptors (Lipinski definition) is 6. The molecule has 0 aromatic heterocycles. The van der Waals surface area contributed by atoms with Gasteiger partial charge >= 0.3 is 17.9 Å². The first kappa shape index (κ1) is 73.5. The Labute approximate surface area is 481 Å². The van der Waals surface area contributed by atoms with Crippen molar-refractivity contribution in [1.29, 1.82) is 0 Å². The third-order valence-corrected chi connectivity index (χ3v) is 13.4. The van der Waals surface area contributed by atoms with Gasteiger partial charge in [0.25, 0.3) is 0 Å².